The number of fused-ring (bicyclic) bond motifs is 1. The molecule has 5 heteroatoms. The summed E-state index contributed by atoms with van der Waals surface area (Å²) in [7, 11) is 1.84. The van der Waals surface area contributed by atoms with Crippen LogP contribution in [0.3, 0.4) is 0 Å². The van der Waals surface area contributed by atoms with Crippen molar-refractivity contribution in [1.82, 2.24) is 14.9 Å². The monoisotopic (exact) mass is 484 g/mol. The van der Waals surface area contributed by atoms with E-state index in [0.717, 1.165) is 39.9 Å². The highest BCUT2D eigenvalue weighted by Gasteiger charge is 2.17. The highest BCUT2D eigenvalue weighted by molar-refractivity contribution is 6.12. The molecule has 0 fully saturated rings. The minimum Gasteiger partial charge on any atom is -0.342 e. The average molecular weight is 485 g/mol. The largest absolute Gasteiger partial charge is 0.342 e. The molecule has 5 aromatic rings. The summed E-state index contributed by atoms with van der Waals surface area (Å²) in [5.74, 6) is -0.0360. The molecule has 1 amide bonds. The Balaban J connectivity index is 1.34. The minimum absolute atomic E-state index is 0.0360. The molecular weight excluding hydrogens is 456 g/mol. The summed E-state index contributed by atoms with van der Waals surface area (Å²) < 4.78 is 0. The fourth-order valence-corrected chi connectivity index (χ4v) is 4.35. The van der Waals surface area contributed by atoms with Crippen LogP contribution in [-0.2, 0) is 0 Å². The number of para-hydroxylation sites is 1. The molecule has 0 aliphatic carbocycles. The molecule has 0 unspecified atom stereocenters. The second-order valence-corrected chi connectivity index (χ2v) is 8.83. The summed E-state index contributed by atoms with van der Waals surface area (Å²) >= 11 is 0. The standard InChI is InChI=1S/C32H28N4O/c1-36(22-12-21-34-31(24-13-4-2-5-14-24)25-15-6-3-7-16-25)32(37)27-23-30(29-19-10-11-20-33-29)35-28-18-9-8-17-26(27)28/h2-11,13-20,23H,12,21-22H2,1H3. The van der Waals surface area contributed by atoms with E-state index in [-0.39, 0.29) is 5.91 Å². The smallest absolute Gasteiger partial charge is 0.254 e. The third-order valence-electron chi connectivity index (χ3n) is 6.24. The van der Waals surface area contributed by atoms with Crippen LogP contribution in [-0.4, -0.2) is 46.6 Å². The predicted octanol–water partition coefficient (Wildman–Crippen LogP) is 6.30. The Morgan fingerprint density at radius 3 is 2.11 bits per heavy atom. The van der Waals surface area contributed by atoms with Crippen LogP contribution in [0.5, 0.6) is 0 Å². The zero-order valence-electron chi connectivity index (χ0n) is 20.8. The summed E-state index contributed by atoms with van der Waals surface area (Å²) in [5, 5.41) is 0.840. The lowest BCUT2D eigenvalue weighted by molar-refractivity contribution is 0.0796. The lowest BCUT2D eigenvalue weighted by Gasteiger charge is -2.18. The Kier molecular flexibility index (Phi) is 7.42. The van der Waals surface area contributed by atoms with Crippen molar-refractivity contribution in [2.24, 2.45) is 4.99 Å². The van der Waals surface area contributed by atoms with Gasteiger partial charge in [-0.15, -0.1) is 0 Å². The van der Waals surface area contributed by atoms with Crippen molar-refractivity contribution < 1.29 is 4.79 Å². The van der Waals surface area contributed by atoms with Crippen LogP contribution in [0, 0.1) is 0 Å². The number of rotatable bonds is 8. The number of hydrogen-bond donors (Lipinski definition) is 0. The van der Waals surface area contributed by atoms with Crippen molar-refractivity contribution in [2.75, 3.05) is 20.1 Å². The van der Waals surface area contributed by atoms with Gasteiger partial charge in [-0.2, -0.15) is 0 Å². The molecule has 0 N–H and O–H groups in total. The molecule has 0 aliphatic rings. The summed E-state index contributed by atoms with van der Waals surface area (Å²) in [6.07, 6.45) is 2.49. The van der Waals surface area contributed by atoms with Gasteiger partial charge in [0.25, 0.3) is 5.91 Å². The molecule has 5 rings (SSSR count). The van der Waals surface area contributed by atoms with E-state index in [4.69, 9.17) is 9.98 Å². The lowest BCUT2D eigenvalue weighted by atomic mass is 10.0. The first kappa shape index (κ1) is 24.1. The van der Waals surface area contributed by atoms with Crippen LogP contribution in [0.25, 0.3) is 22.3 Å². The summed E-state index contributed by atoms with van der Waals surface area (Å²) in [6, 6.07) is 35.7. The van der Waals surface area contributed by atoms with Gasteiger partial charge < -0.3 is 4.90 Å². The van der Waals surface area contributed by atoms with Crippen molar-refractivity contribution in [2.45, 2.75) is 6.42 Å². The van der Waals surface area contributed by atoms with Crippen LogP contribution in [0.4, 0.5) is 0 Å². The first-order chi connectivity index (χ1) is 18.2. The highest BCUT2D eigenvalue weighted by Crippen LogP contribution is 2.24. The molecule has 2 aromatic heterocycles. The fraction of sp³-hybridized carbons (Fsp3) is 0.125. The molecule has 0 atom stereocenters. The average Bonchev–Trinajstić information content (AvgIpc) is 2.97. The van der Waals surface area contributed by atoms with E-state index in [0.29, 0.717) is 24.3 Å². The Hall–Kier alpha value is -4.64. The van der Waals surface area contributed by atoms with Gasteiger partial charge in [0.05, 0.1) is 28.2 Å². The van der Waals surface area contributed by atoms with Gasteiger partial charge in [-0.1, -0.05) is 84.9 Å². The number of aliphatic imine (C=N–C) groups is 1. The third-order valence-corrected chi connectivity index (χ3v) is 6.24. The molecule has 0 radical (unpaired) electrons. The van der Waals surface area contributed by atoms with Gasteiger partial charge in [0.2, 0.25) is 0 Å². The van der Waals surface area contributed by atoms with Gasteiger partial charge in [0.15, 0.2) is 0 Å². The maximum atomic E-state index is 13.6. The molecule has 0 saturated heterocycles. The van der Waals surface area contributed by atoms with Crippen LogP contribution >= 0.6 is 0 Å². The van der Waals surface area contributed by atoms with Crippen molar-refractivity contribution in [3.05, 3.63) is 132 Å². The normalized spacial score (nSPS) is 10.7. The lowest BCUT2D eigenvalue weighted by Crippen LogP contribution is -2.28. The molecule has 0 aliphatic heterocycles. The van der Waals surface area contributed by atoms with Gasteiger partial charge in [0.1, 0.15) is 0 Å². The van der Waals surface area contributed by atoms with Gasteiger partial charge in [-0.25, -0.2) is 4.98 Å². The summed E-state index contributed by atoms with van der Waals surface area (Å²) in [5.41, 5.74) is 5.99. The van der Waals surface area contributed by atoms with Crippen LogP contribution in [0.2, 0.25) is 0 Å². The quantitative estimate of drug-likeness (QED) is 0.192. The Morgan fingerprint density at radius 2 is 1.43 bits per heavy atom. The second kappa shape index (κ2) is 11.4. The summed E-state index contributed by atoms with van der Waals surface area (Å²) in [4.78, 5) is 29.4. The Bertz CT molecular complexity index is 1480. The number of benzene rings is 3. The molecule has 0 spiro atoms. The Morgan fingerprint density at radius 1 is 0.784 bits per heavy atom. The van der Waals surface area contributed by atoms with Gasteiger partial charge in [-0.05, 0) is 30.7 Å². The van der Waals surface area contributed by atoms with E-state index in [2.05, 4.69) is 29.2 Å². The number of carbonyl (C=O) groups excluding carboxylic acids is 1. The molecule has 2 heterocycles. The number of amides is 1. The zero-order valence-corrected chi connectivity index (χ0v) is 20.8. The number of aromatic nitrogens is 2. The molecule has 0 saturated carbocycles. The first-order valence-corrected chi connectivity index (χ1v) is 12.4. The van der Waals surface area contributed by atoms with E-state index in [9.17, 15) is 4.79 Å². The molecule has 3 aromatic carbocycles. The number of carbonyl (C=O) groups is 1. The van der Waals surface area contributed by atoms with Gasteiger partial charge >= 0.3 is 0 Å². The second-order valence-electron chi connectivity index (χ2n) is 8.83. The molecule has 37 heavy (non-hydrogen) atoms. The van der Waals surface area contributed by atoms with Crippen molar-refractivity contribution >= 4 is 22.5 Å². The molecule has 182 valence electrons. The zero-order chi connectivity index (χ0) is 25.5. The van der Waals surface area contributed by atoms with E-state index in [1.165, 1.54) is 0 Å². The maximum absolute atomic E-state index is 13.6. The van der Waals surface area contributed by atoms with Crippen LogP contribution < -0.4 is 0 Å². The summed E-state index contributed by atoms with van der Waals surface area (Å²) in [6.45, 7) is 1.21. The van der Waals surface area contributed by atoms with E-state index in [1.807, 2.05) is 92.0 Å². The van der Waals surface area contributed by atoms with Gasteiger partial charge in [-0.3, -0.25) is 14.8 Å². The fourth-order valence-electron chi connectivity index (χ4n) is 4.35. The highest BCUT2D eigenvalue weighted by atomic mass is 16.2. The van der Waals surface area contributed by atoms with E-state index >= 15 is 0 Å². The predicted molar refractivity (Wildman–Crippen MR) is 150 cm³/mol. The van der Waals surface area contributed by atoms with Gasteiger partial charge in [0, 0.05) is 42.8 Å². The SMILES string of the molecule is CN(CCCN=C(c1ccccc1)c1ccccc1)C(=O)c1cc(-c2ccccn2)nc2ccccc12. The minimum atomic E-state index is -0.0360. The van der Waals surface area contributed by atoms with Crippen molar-refractivity contribution in [3.8, 4) is 11.4 Å². The van der Waals surface area contributed by atoms with E-state index in [1.54, 1.807) is 11.1 Å². The van der Waals surface area contributed by atoms with Crippen molar-refractivity contribution in [1.29, 1.82) is 0 Å². The molecule has 0 bridgehead atoms. The van der Waals surface area contributed by atoms with Crippen molar-refractivity contribution in [3.63, 3.8) is 0 Å². The number of hydrogen-bond acceptors (Lipinski definition) is 4. The first-order valence-electron chi connectivity index (χ1n) is 12.4. The topological polar surface area (TPSA) is 58.5 Å². The van der Waals surface area contributed by atoms with Crippen LogP contribution in [0.1, 0.15) is 27.9 Å². The Labute approximate surface area is 217 Å². The number of pyridine rings is 2. The molecular formula is C32H28N4O. The van der Waals surface area contributed by atoms with E-state index < -0.39 is 0 Å². The molecule has 5 nitrogen and oxygen atoms in total. The maximum Gasteiger partial charge on any atom is 0.254 e. The number of nitrogens with zero attached hydrogens (tertiary/aromatic N) is 4. The third kappa shape index (κ3) is 5.62. The van der Waals surface area contributed by atoms with Crippen LogP contribution in [0.15, 0.2) is 120 Å².